The van der Waals surface area contributed by atoms with Crippen LogP contribution in [0.2, 0.25) is 0 Å². The van der Waals surface area contributed by atoms with Gasteiger partial charge in [-0.25, -0.2) is 4.98 Å². The lowest BCUT2D eigenvalue weighted by molar-refractivity contribution is 0.589. The maximum absolute atomic E-state index is 4.27. The van der Waals surface area contributed by atoms with Gasteiger partial charge in [-0.3, -0.25) is 0 Å². The first kappa shape index (κ1) is 10.2. The molecule has 1 fully saturated rings. The Labute approximate surface area is 90.7 Å². The molecule has 2 N–H and O–H groups in total. The molecule has 0 spiro atoms. The quantitative estimate of drug-likeness (QED) is 0.771. The Morgan fingerprint density at radius 3 is 3.00 bits per heavy atom. The van der Waals surface area contributed by atoms with Crippen molar-refractivity contribution < 1.29 is 0 Å². The number of aromatic nitrogens is 1. The number of hydrogen-bond acceptors (Lipinski definition) is 4. The van der Waals surface area contributed by atoms with Gasteiger partial charge in [-0.2, -0.15) is 0 Å². The molecule has 82 valence electrons. The molecule has 2 rings (SSSR count). The van der Waals surface area contributed by atoms with E-state index in [1.165, 1.54) is 5.69 Å². The number of nitrogens with zero attached hydrogens (tertiary/aromatic N) is 2. The third-order valence-corrected chi connectivity index (χ3v) is 2.58. The first-order valence-electron chi connectivity index (χ1n) is 5.55. The van der Waals surface area contributed by atoms with Gasteiger partial charge in [0.2, 0.25) is 0 Å². The highest BCUT2D eigenvalue weighted by atomic mass is 15.2. The SMILES string of the molecule is CCNc1cc(N2CCNCC2)ccn1. The Morgan fingerprint density at radius 2 is 2.27 bits per heavy atom. The van der Waals surface area contributed by atoms with Gasteiger partial charge in [-0.1, -0.05) is 0 Å². The topological polar surface area (TPSA) is 40.2 Å². The molecule has 1 aliphatic heterocycles. The van der Waals surface area contributed by atoms with Gasteiger partial charge in [0.25, 0.3) is 0 Å². The van der Waals surface area contributed by atoms with Crippen LogP contribution in [0.4, 0.5) is 11.5 Å². The average Bonchev–Trinajstić information content (AvgIpc) is 2.31. The Hall–Kier alpha value is -1.29. The highest BCUT2D eigenvalue weighted by Gasteiger charge is 2.10. The van der Waals surface area contributed by atoms with Gasteiger partial charge in [-0.05, 0) is 13.0 Å². The summed E-state index contributed by atoms with van der Waals surface area (Å²) in [4.78, 5) is 6.66. The van der Waals surface area contributed by atoms with Crippen molar-refractivity contribution in [3.63, 3.8) is 0 Å². The molecule has 0 amide bonds. The van der Waals surface area contributed by atoms with Crippen molar-refractivity contribution in [2.24, 2.45) is 0 Å². The minimum absolute atomic E-state index is 0.915. The number of nitrogens with one attached hydrogen (secondary N) is 2. The van der Waals surface area contributed by atoms with Gasteiger partial charge >= 0.3 is 0 Å². The molecule has 0 atom stereocenters. The van der Waals surface area contributed by atoms with Gasteiger partial charge in [0.1, 0.15) is 5.82 Å². The molecule has 4 heteroatoms. The van der Waals surface area contributed by atoms with Crippen molar-refractivity contribution in [2.45, 2.75) is 6.92 Å². The Kier molecular flexibility index (Phi) is 3.40. The third-order valence-electron chi connectivity index (χ3n) is 2.58. The first-order chi connectivity index (χ1) is 7.40. The molecule has 0 bridgehead atoms. The van der Waals surface area contributed by atoms with Crippen molar-refractivity contribution in [2.75, 3.05) is 42.9 Å². The van der Waals surface area contributed by atoms with Crippen molar-refractivity contribution in [1.29, 1.82) is 0 Å². The molecule has 1 saturated heterocycles. The van der Waals surface area contributed by atoms with Crippen LogP contribution < -0.4 is 15.5 Å². The molecule has 1 aromatic rings. The summed E-state index contributed by atoms with van der Waals surface area (Å²) < 4.78 is 0. The minimum Gasteiger partial charge on any atom is -0.370 e. The number of pyridine rings is 1. The number of piperazine rings is 1. The van der Waals surface area contributed by atoms with Crippen LogP contribution in [-0.4, -0.2) is 37.7 Å². The monoisotopic (exact) mass is 206 g/mol. The van der Waals surface area contributed by atoms with E-state index in [-0.39, 0.29) is 0 Å². The summed E-state index contributed by atoms with van der Waals surface area (Å²) in [5.41, 5.74) is 1.27. The first-order valence-corrected chi connectivity index (χ1v) is 5.55. The van der Waals surface area contributed by atoms with Gasteiger partial charge in [0, 0.05) is 50.7 Å². The lowest BCUT2D eigenvalue weighted by Crippen LogP contribution is -2.43. The van der Waals surface area contributed by atoms with Gasteiger partial charge in [0.05, 0.1) is 0 Å². The van der Waals surface area contributed by atoms with Crippen LogP contribution in [0.5, 0.6) is 0 Å². The minimum atomic E-state index is 0.915. The van der Waals surface area contributed by atoms with Crippen LogP contribution in [0.15, 0.2) is 18.3 Å². The van der Waals surface area contributed by atoms with Crippen molar-refractivity contribution >= 4 is 11.5 Å². The lowest BCUT2D eigenvalue weighted by Gasteiger charge is -2.29. The molecule has 1 aliphatic rings. The van der Waals surface area contributed by atoms with E-state index in [2.05, 4.69) is 39.6 Å². The second-order valence-electron chi connectivity index (χ2n) is 3.67. The second kappa shape index (κ2) is 4.98. The van der Waals surface area contributed by atoms with E-state index in [1.807, 2.05) is 6.20 Å². The predicted molar refractivity (Wildman–Crippen MR) is 63.5 cm³/mol. The second-order valence-corrected chi connectivity index (χ2v) is 3.67. The van der Waals surface area contributed by atoms with Crippen molar-refractivity contribution in [1.82, 2.24) is 10.3 Å². The Morgan fingerprint density at radius 1 is 1.47 bits per heavy atom. The van der Waals surface area contributed by atoms with Crippen molar-refractivity contribution in [3.8, 4) is 0 Å². The summed E-state index contributed by atoms with van der Waals surface area (Å²) in [6.07, 6.45) is 1.87. The number of hydrogen-bond donors (Lipinski definition) is 2. The van der Waals surface area contributed by atoms with E-state index in [1.54, 1.807) is 0 Å². The molecule has 0 saturated carbocycles. The highest BCUT2D eigenvalue weighted by molar-refractivity contribution is 5.54. The molecule has 0 radical (unpaired) electrons. The molecular formula is C11H18N4. The molecule has 0 unspecified atom stereocenters. The average molecular weight is 206 g/mol. The van der Waals surface area contributed by atoms with Gasteiger partial charge in [0.15, 0.2) is 0 Å². The van der Waals surface area contributed by atoms with E-state index in [0.29, 0.717) is 0 Å². The summed E-state index contributed by atoms with van der Waals surface area (Å²) in [6.45, 7) is 7.29. The van der Waals surface area contributed by atoms with Crippen molar-refractivity contribution in [3.05, 3.63) is 18.3 Å². The zero-order chi connectivity index (χ0) is 10.5. The fourth-order valence-electron chi connectivity index (χ4n) is 1.82. The van der Waals surface area contributed by atoms with Gasteiger partial charge < -0.3 is 15.5 Å². The largest absolute Gasteiger partial charge is 0.370 e. The summed E-state index contributed by atoms with van der Waals surface area (Å²) in [5, 5.41) is 6.58. The third kappa shape index (κ3) is 2.59. The van der Waals surface area contributed by atoms with Crippen LogP contribution in [0.3, 0.4) is 0 Å². The summed E-state index contributed by atoms with van der Waals surface area (Å²) >= 11 is 0. The van der Waals surface area contributed by atoms with E-state index >= 15 is 0 Å². The summed E-state index contributed by atoms with van der Waals surface area (Å²) in [6, 6.07) is 4.20. The normalized spacial score (nSPS) is 16.5. The van der Waals surface area contributed by atoms with E-state index in [9.17, 15) is 0 Å². The molecule has 4 nitrogen and oxygen atoms in total. The van der Waals surface area contributed by atoms with Crippen LogP contribution in [-0.2, 0) is 0 Å². The van der Waals surface area contributed by atoms with Crippen LogP contribution in [0.1, 0.15) is 6.92 Å². The fraction of sp³-hybridized carbons (Fsp3) is 0.545. The molecular weight excluding hydrogens is 188 g/mol. The van der Waals surface area contributed by atoms with Gasteiger partial charge in [-0.15, -0.1) is 0 Å². The summed E-state index contributed by atoms with van der Waals surface area (Å²) in [7, 11) is 0. The zero-order valence-electron chi connectivity index (χ0n) is 9.16. The predicted octanol–water partition coefficient (Wildman–Crippen LogP) is 0.923. The Balaban J connectivity index is 2.09. The standard InChI is InChI=1S/C11H18N4/c1-2-13-11-9-10(3-4-14-11)15-7-5-12-6-8-15/h3-4,9,12H,2,5-8H2,1H3,(H,13,14). The number of anilines is 2. The van der Waals surface area contributed by atoms with E-state index in [4.69, 9.17) is 0 Å². The molecule has 2 heterocycles. The fourth-order valence-corrected chi connectivity index (χ4v) is 1.82. The van der Waals surface area contributed by atoms with Crippen LogP contribution in [0, 0.1) is 0 Å². The highest BCUT2D eigenvalue weighted by Crippen LogP contribution is 2.17. The zero-order valence-corrected chi connectivity index (χ0v) is 9.16. The van der Waals surface area contributed by atoms with E-state index in [0.717, 1.165) is 38.5 Å². The van der Waals surface area contributed by atoms with Crippen LogP contribution >= 0.6 is 0 Å². The smallest absolute Gasteiger partial charge is 0.127 e. The molecule has 0 aliphatic carbocycles. The Bertz CT molecular complexity index is 307. The molecule has 0 aromatic carbocycles. The van der Waals surface area contributed by atoms with Crippen LogP contribution in [0.25, 0.3) is 0 Å². The molecule has 15 heavy (non-hydrogen) atoms. The maximum Gasteiger partial charge on any atom is 0.127 e. The van der Waals surface area contributed by atoms with E-state index < -0.39 is 0 Å². The maximum atomic E-state index is 4.27. The summed E-state index contributed by atoms with van der Waals surface area (Å²) in [5.74, 6) is 0.966. The molecule has 1 aromatic heterocycles. The number of rotatable bonds is 3. The lowest BCUT2D eigenvalue weighted by atomic mass is 10.3.